The standard InChI is InChI=1S/C25H26N8O2/c1-2-22(34)28-18-7-6-16(14-26)20(13-18)23-21-15-27-32-24(21)31-25(30-23)29-17-4-3-5-19(12-17)33-8-10-35-11-9-33/h3-7,12-13,15,22,28,34H,2,8-11H2,1H3,(H2,27,29,30,31,32). The number of aromatic amines is 1. The molecule has 1 fully saturated rings. The molecule has 0 amide bonds. The van der Waals surface area contributed by atoms with Crippen molar-refractivity contribution in [2.45, 2.75) is 19.6 Å². The van der Waals surface area contributed by atoms with Crippen molar-refractivity contribution in [3.63, 3.8) is 0 Å². The van der Waals surface area contributed by atoms with Crippen molar-refractivity contribution in [3.05, 3.63) is 54.2 Å². The molecule has 10 nitrogen and oxygen atoms in total. The van der Waals surface area contributed by atoms with E-state index in [0.29, 0.717) is 59.1 Å². The molecule has 1 saturated heterocycles. The number of rotatable bonds is 7. The first-order chi connectivity index (χ1) is 17.1. The Kier molecular flexibility index (Phi) is 6.43. The lowest BCUT2D eigenvalue weighted by Gasteiger charge is -2.29. The Labute approximate surface area is 202 Å². The molecule has 0 spiro atoms. The number of benzene rings is 2. The third kappa shape index (κ3) is 4.87. The number of anilines is 4. The van der Waals surface area contributed by atoms with E-state index in [4.69, 9.17) is 9.72 Å². The van der Waals surface area contributed by atoms with Crippen molar-refractivity contribution in [2.75, 3.05) is 41.8 Å². The Morgan fingerprint density at radius 1 is 1.17 bits per heavy atom. The van der Waals surface area contributed by atoms with E-state index in [9.17, 15) is 10.4 Å². The summed E-state index contributed by atoms with van der Waals surface area (Å²) in [6, 6.07) is 15.6. The van der Waals surface area contributed by atoms with Crippen molar-refractivity contribution < 1.29 is 9.84 Å². The summed E-state index contributed by atoms with van der Waals surface area (Å²) in [5.41, 5.74) is 4.85. The zero-order valence-corrected chi connectivity index (χ0v) is 19.3. The highest BCUT2D eigenvalue weighted by Gasteiger charge is 2.17. The number of aliphatic hydroxyl groups excluding tert-OH is 1. The summed E-state index contributed by atoms with van der Waals surface area (Å²) < 4.78 is 5.46. The molecule has 4 N–H and O–H groups in total. The number of H-pyrrole nitrogens is 1. The van der Waals surface area contributed by atoms with Crippen LogP contribution in [0.3, 0.4) is 0 Å². The molecule has 1 aliphatic rings. The molecular formula is C25H26N8O2. The van der Waals surface area contributed by atoms with Crippen LogP contribution in [0.1, 0.15) is 18.9 Å². The first kappa shape index (κ1) is 22.6. The van der Waals surface area contributed by atoms with Gasteiger partial charge in [0.25, 0.3) is 0 Å². The summed E-state index contributed by atoms with van der Waals surface area (Å²) in [7, 11) is 0. The second-order valence-corrected chi connectivity index (χ2v) is 8.24. The van der Waals surface area contributed by atoms with E-state index in [1.807, 2.05) is 25.1 Å². The van der Waals surface area contributed by atoms with E-state index < -0.39 is 6.23 Å². The van der Waals surface area contributed by atoms with Crippen LogP contribution in [0, 0.1) is 11.3 Å². The lowest BCUT2D eigenvalue weighted by Crippen LogP contribution is -2.36. The van der Waals surface area contributed by atoms with Crippen molar-refractivity contribution in [3.8, 4) is 17.3 Å². The quantitative estimate of drug-likeness (QED) is 0.299. The molecule has 5 rings (SSSR count). The maximum absolute atomic E-state index is 10.0. The number of aromatic nitrogens is 4. The van der Waals surface area contributed by atoms with E-state index in [1.54, 1.807) is 18.3 Å². The third-order valence-electron chi connectivity index (χ3n) is 5.90. The van der Waals surface area contributed by atoms with Gasteiger partial charge in [0.15, 0.2) is 5.65 Å². The number of nitrogens with zero attached hydrogens (tertiary/aromatic N) is 5. The van der Waals surface area contributed by atoms with Gasteiger partial charge in [-0.2, -0.15) is 15.3 Å². The molecule has 0 aliphatic carbocycles. The molecule has 2 aromatic carbocycles. The Morgan fingerprint density at radius 2 is 2.03 bits per heavy atom. The van der Waals surface area contributed by atoms with Gasteiger partial charge in [0, 0.05) is 35.7 Å². The van der Waals surface area contributed by atoms with Gasteiger partial charge in [0.2, 0.25) is 5.95 Å². The van der Waals surface area contributed by atoms with Crippen LogP contribution in [0.2, 0.25) is 0 Å². The molecule has 35 heavy (non-hydrogen) atoms. The molecule has 1 atom stereocenters. The van der Waals surface area contributed by atoms with Gasteiger partial charge in [0.05, 0.1) is 42.1 Å². The summed E-state index contributed by atoms with van der Waals surface area (Å²) in [4.78, 5) is 11.6. The van der Waals surface area contributed by atoms with E-state index >= 15 is 0 Å². The normalized spacial score (nSPS) is 14.5. The van der Waals surface area contributed by atoms with Crippen LogP contribution in [0.5, 0.6) is 0 Å². The van der Waals surface area contributed by atoms with Gasteiger partial charge in [-0.1, -0.05) is 13.0 Å². The predicted molar refractivity (Wildman–Crippen MR) is 135 cm³/mol. The molecule has 0 bridgehead atoms. The van der Waals surface area contributed by atoms with Gasteiger partial charge in [-0.05, 0) is 42.8 Å². The van der Waals surface area contributed by atoms with E-state index in [0.717, 1.165) is 24.5 Å². The van der Waals surface area contributed by atoms with Crippen molar-refractivity contribution in [2.24, 2.45) is 0 Å². The number of hydrogen-bond donors (Lipinski definition) is 4. The minimum atomic E-state index is -0.689. The molecule has 0 radical (unpaired) electrons. The fourth-order valence-corrected chi connectivity index (χ4v) is 4.05. The van der Waals surface area contributed by atoms with Crippen molar-refractivity contribution in [1.29, 1.82) is 5.26 Å². The first-order valence-corrected chi connectivity index (χ1v) is 11.5. The number of morpholine rings is 1. The maximum atomic E-state index is 10.0. The number of nitrogens with one attached hydrogen (secondary N) is 3. The third-order valence-corrected chi connectivity index (χ3v) is 5.90. The largest absolute Gasteiger partial charge is 0.378 e. The SMILES string of the molecule is CCC(O)Nc1ccc(C#N)c(-c2nc(Nc3cccc(N4CCOCC4)c3)nc3[nH]ncc23)c1. The molecule has 0 saturated carbocycles. The van der Waals surface area contributed by atoms with Gasteiger partial charge >= 0.3 is 0 Å². The monoisotopic (exact) mass is 470 g/mol. The summed E-state index contributed by atoms with van der Waals surface area (Å²) in [6.45, 7) is 5.00. The van der Waals surface area contributed by atoms with Gasteiger partial charge in [-0.15, -0.1) is 0 Å². The minimum Gasteiger partial charge on any atom is -0.378 e. The summed E-state index contributed by atoms with van der Waals surface area (Å²) in [5, 5.41) is 33.9. The van der Waals surface area contributed by atoms with Gasteiger partial charge in [-0.3, -0.25) is 5.10 Å². The van der Waals surface area contributed by atoms with Crippen molar-refractivity contribution in [1.82, 2.24) is 20.2 Å². The highest BCUT2D eigenvalue weighted by Crippen LogP contribution is 2.32. The fourth-order valence-electron chi connectivity index (χ4n) is 4.05. The Bertz CT molecular complexity index is 1370. The Hall–Kier alpha value is -4.20. The molecular weight excluding hydrogens is 444 g/mol. The van der Waals surface area contributed by atoms with Crippen LogP contribution in [0.4, 0.5) is 23.0 Å². The Morgan fingerprint density at radius 3 is 2.83 bits per heavy atom. The molecule has 2 aromatic heterocycles. The second kappa shape index (κ2) is 9.97. The van der Waals surface area contributed by atoms with E-state index in [1.165, 1.54) is 0 Å². The second-order valence-electron chi connectivity index (χ2n) is 8.24. The zero-order valence-electron chi connectivity index (χ0n) is 19.3. The number of ether oxygens (including phenoxy) is 1. The number of fused-ring (bicyclic) bond motifs is 1. The molecule has 1 unspecified atom stereocenters. The molecule has 178 valence electrons. The van der Waals surface area contributed by atoms with Crippen LogP contribution < -0.4 is 15.5 Å². The van der Waals surface area contributed by atoms with Crippen LogP contribution in [0.25, 0.3) is 22.3 Å². The average Bonchev–Trinajstić information content (AvgIpc) is 3.37. The highest BCUT2D eigenvalue weighted by molar-refractivity contribution is 5.93. The molecule has 10 heteroatoms. The summed E-state index contributed by atoms with van der Waals surface area (Å²) >= 11 is 0. The minimum absolute atomic E-state index is 0.381. The molecule has 3 heterocycles. The van der Waals surface area contributed by atoms with Gasteiger partial charge in [-0.25, -0.2) is 4.98 Å². The maximum Gasteiger partial charge on any atom is 0.229 e. The molecule has 4 aromatic rings. The number of nitriles is 1. The zero-order chi connectivity index (χ0) is 24.2. The summed E-state index contributed by atoms with van der Waals surface area (Å²) in [6.07, 6.45) is 1.51. The smallest absolute Gasteiger partial charge is 0.229 e. The van der Waals surface area contributed by atoms with Crippen molar-refractivity contribution >= 4 is 34.0 Å². The number of hydrogen-bond acceptors (Lipinski definition) is 9. The highest BCUT2D eigenvalue weighted by atomic mass is 16.5. The summed E-state index contributed by atoms with van der Waals surface area (Å²) in [5.74, 6) is 0.381. The fraction of sp³-hybridized carbons (Fsp3) is 0.280. The average molecular weight is 471 g/mol. The van der Waals surface area contributed by atoms with Gasteiger partial charge in [0.1, 0.15) is 6.23 Å². The lowest BCUT2D eigenvalue weighted by atomic mass is 10.0. The van der Waals surface area contributed by atoms with Crippen LogP contribution in [-0.4, -0.2) is 57.8 Å². The lowest BCUT2D eigenvalue weighted by molar-refractivity contribution is 0.122. The topological polar surface area (TPSA) is 135 Å². The van der Waals surface area contributed by atoms with Crippen LogP contribution in [0.15, 0.2) is 48.7 Å². The molecule has 1 aliphatic heterocycles. The van der Waals surface area contributed by atoms with Crippen LogP contribution in [-0.2, 0) is 4.74 Å². The van der Waals surface area contributed by atoms with E-state index in [-0.39, 0.29) is 0 Å². The first-order valence-electron chi connectivity index (χ1n) is 11.5. The van der Waals surface area contributed by atoms with Gasteiger partial charge < -0.3 is 25.4 Å². The number of aliphatic hydroxyl groups is 1. The predicted octanol–water partition coefficient (Wildman–Crippen LogP) is 3.61. The van der Waals surface area contributed by atoms with Crippen LogP contribution >= 0.6 is 0 Å². The van der Waals surface area contributed by atoms with E-state index in [2.05, 4.69) is 48.9 Å². The Balaban J connectivity index is 1.52.